The molecule has 1 aromatic carbocycles. The number of nitrogens with one attached hydrogen (secondary N) is 2. The van der Waals surface area contributed by atoms with E-state index in [1.54, 1.807) is 49.8 Å². The van der Waals surface area contributed by atoms with Crippen LogP contribution in [0.4, 0.5) is 15.0 Å². The van der Waals surface area contributed by atoms with E-state index in [-0.39, 0.29) is 40.4 Å². The van der Waals surface area contributed by atoms with Crippen LogP contribution in [0.3, 0.4) is 0 Å². The van der Waals surface area contributed by atoms with Crippen molar-refractivity contribution in [2.24, 2.45) is 18.9 Å². The molecule has 1 aliphatic carbocycles. The van der Waals surface area contributed by atoms with Crippen molar-refractivity contribution >= 4 is 28.6 Å². The summed E-state index contributed by atoms with van der Waals surface area (Å²) in [4.78, 5) is 38.9. The summed E-state index contributed by atoms with van der Waals surface area (Å²) in [6.07, 6.45) is 8.77. The van der Waals surface area contributed by atoms with E-state index >= 15 is 4.39 Å². The Morgan fingerprint density at radius 2 is 1.86 bits per heavy atom. The van der Waals surface area contributed by atoms with Crippen molar-refractivity contribution in [2.75, 3.05) is 5.32 Å². The minimum absolute atomic E-state index is 0.0704. The monoisotopic (exact) mass is 597 g/mol. The van der Waals surface area contributed by atoms with Gasteiger partial charge in [0.15, 0.2) is 11.6 Å². The van der Waals surface area contributed by atoms with E-state index < -0.39 is 17.4 Å². The third-order valence-electron chi connectivity index (χ3n) is 7.68. The lowest BCUT2D eigenvalue weighted by molar-refractivity contribution is -0.117. The molecule has 5 aromatic rings. The number of aromatic nitrogens is 5. The van der Waals surface area contributed by atoms with Gasteiger partial charge in [0, 0.05) is 59.5 Å². The van der Waals surface area contributed by atoms with Crippen LogP contribution in [0.1, 0.15) is 44.7 Å². The Morgan fingerprint density at radius 3 is 2.52 bits per heavy atom. The Labute approximate surface area is 252 Å². The van der Waals surface area contributed by atoms with Crippen LogP contribution in [-0.2, 0) is 11.8 Å². The number of oxazole rings is 1. The molecular weight excluding hydrogens is 565 g/mol. The minimum Gasteiger partial charge on any atom is -0.443 e. The molecule has 4 heterocycles. The van der Waals surface area contributed by atoms with Gasteiger partial charge in [0.25, 0.3) is 0 Å². The molecule has 44 heavy (non-hydrogen) atoms. The van der Waals surface area contributed by atoms with Gasteiger partial charge in [-0.1, -0.05) is 6.92 Å². The number of fused-ring (bicyclic) bond motifs is 1. The number of benzene rings is 1. The number of pyridine rings is 2. The standard InChI is InChI=1S/C32H32FN7O4/c1-16-9-23(30-34-7-8-43-30)35-13-21(16)20-10-18-11-24(38-29(41)26-17(2)25(26)19-12-37-40(6)15-19)36-14-22(18)28(27(20)33)44-31(42)39-32(3,4)5/h7-15,17,25-26H,1-6H3,(H,39,42)(H,36,38,41). The zero-order chi connectivity index (χ0) is 31.3. The zero-order valence-corrected chi connectivity index (χ0v) is 25.2. The molecule has 3 atom stereocenters. The number of halogens is 1. The molecule has 4 aromatic heterocycles. The van der Waals surface area contributed by atoms with Crippen molar-refractivity contribution in [3.8, 4) is 28.5 Å². The summed E-state index contributed by atoms with van der Waals surface area (Å²) in [5.74, 6) is -0.571. The highest BCUT2D eigenvalue weighted by molar-refractivity contribution is 5.99. The van der Waals surface area contributed by atoms with E-state index in [4.69, 9.17) is 9.15 Å². The normalized spacial score (nSPS) is 17.8. The molecular formula is C32H32FN7O4. The van der Waals surface area contributed by atoms with Crippen LogP contribution in [-0.4, -0.2) is 42.3 Å². The number of hydrogen-bond donors (Lipinski definition) is 2. The molecule has 6 rings (SSSR count). The van der Waals surface area contributed by atoms with Gasteiger partial charge in [0.2, 0.25) is 11.8 Å². The van der Waals surface area contributed by atoms with Crippen LogP contribution in [0.15, 0.2) is 59.9 Å². The van der Waals surface area contributed by atoms with Crippen LogP contribution in [0.5, 0.6) is 5.75 Å². The second-order valence-corrected chi connectivity index (χ2v) is 12.2. The molecule has 3 unspecified atom stereocenters. The van der Waals surface area contributed by atoms with E-state index in [1.165, 1.54) is 24.9 Å². The van der Waals surface area contributed by atoms with Gasteiger partial charge in [-0.25, -0.2) is 19.2 Å². The summed E-state index contributed by atoms with van der Waals surface area (Å²) in [6.45, 7) is 9.22. The Bertz CT molecular complexity index is 1890. The van der Waals surface area contributed by atoms with Crippen molar-refractivity contribution in [1.29, 1.82) is 0 Å². The fourth-order valence-corrected chi connectivity index (χ4v) is 5.53. The van der Waals surface area contributed by atoms with Crippen LogP contribution < -0.4 is 15.4 Å². The van der Waals surface area contributed by atoms with Crippen LogP contribution in [0.2, 0.25) is 0 Å². The largest absolute Gasteiger partial charge is 0.443 e. The van der Waals surface area contributed by atoms with Crippen LogP contribution in [0, 0.1) is 24.6 Å². The SMILES string of the molecule is Cc1cc(-c2ncco2)ncc1-c1cc2cc(NC(=O)C3C(C)C3c3cnn(C)c3)ncc2c(OC(=O)NC(C)(C)C)c1F. The first-order valence-electron chi connectivity index (χ1n) is 14.2. The molecule has 12 heteroatoms. The lowest BCUT2D eigenvalue weighted by Crippen LogP contribution is -2.42. The minimum atomic E-state index is -0.814. The first-order valence-corrected chi connectivity index (χ1v) is 14.2. The van der Waals surface area contributed by atoms with E-state index in [2.05, 4.69) is 30.7 Å². The molecule has 1 aliphatic rings. The molecule has 1 saturated carbocycles. The summed E-state index contributed by atoms with van der Waals surface area (Å²) >= 11 is 0. The van der Waals surface area contributed by atoms with Gasteiger partial charge in [-0.05, 0) is 68.3 Å². The van der Waals surface area contributed by atoms with E-state index in [9.17, 15) is 9.59 Å². The van der Waals surface area contributed by atoms with E-state index in [1.807, 2.05) is 27.1 Å². The smallest absolute Gasteiger partial charge is 0.413 e. The highest BCUT2D eigenvalue weighted by Gasteiger charge is 2.53. The highest BCUT2D eigenvalue weighted by Crippen LogP contribution is 2.54. The topological polar surface area (TPSA) is 137 Å². The lowest BCUT2D eigenvalue weighted by Gasteiger charge is -2.21. The maximum absolute atomic E-state index is 16.2. The average molecular weight is 598 g/mol. The maximum Gasteiger partial charge on any atom is 0.413 e. The van der Waals surface area contributed by atoms with Gasteiger partial charge in [0.1, 0.15) is 17.8 Å². The van der Waals surface area contributed by atoms with Crippen molar-refractivity contribution in [2.45, 2.75) is 46.1 Å². The van der Waals surface area contributed by atoms with Crippen LogP contribution >= 0.6 is 0 Å². The number of anilines is 1. The summed E-state index contributed by atoms with van der Waals surface area (Å²) in [5.41, 5.74) is 2.24. The number of carbonyl (C=O) groups excluding carboxylic acids is 2. The van der Waals surface area contributed by atoms with Gasteiger partial charge < -0.3 is 19.8 Å². The summed E-state index contributed by atoms with van der Waals surface area (Å²) in [7, 11) is 1.84. The predicted molar refractivity (Wildman–Crippen MR) is 161 cm³/mol. The number of amides is 2. The number of hydrogen-bond acceptors (Lipinski definition) is 8. The number of nitrogens with zero attached hydrogens (tertiary/aromatic N) is 5. The molecule has 1 fully saturated rings. The Hall–Kier alpha value is -5.13. The number of ether oxygens (including phenoxy) is 1. The second kappa shape index (κ2) is 10.9. The summed E-state index contributed by atoms with van der Waals surface area (Å²) < 4.78 is 28.9. The quantitative estimate of drug-likeness (QED) is 0.243. The average Bonchev–Trinajstić information content (AvgIpc) is 3.28. The Morgan fingerprint density at radius 1 is 1.07 bits per heavy atom. The first-order chi connectivity index (χ1) is 20.9. The van der Waals surface area contributed by atoms with Gasteiger partial charge in [-0.2, -0.15) is 5.10 Å². The highest BCUT2D eigenvalue weighted by atomic mass is 19.1. The third-order valence-corrected chi connectivity index (χ3v) is 7.68. The lowest BCUT2D eigenvalue weighted by atomic mass is 9.98. The molecule has 0 saturated heterocycles. The summed E-state index contributed by atoms with van der Waals surface area (Å²) in [5, 5.41) is 10.6. The first kappa shape index (κ1) is 29.0. The number of aryl methyl sites for hydroxylation is 2. The van der Waals surface area contributed by atoms with Crippen molar-refractivity contribution < 1.29 is 23.1 Å². The van der Waals surface area contributed by atoms with E-state index in [0.29, 0.717) is 33.9 Å². The zero-order valence-electron chi connectivity index (χ0n) is 25.2. The Kier molecular flexibility index (Phi) is 7.14. The molecule has 226 valence electrons. The fraction of sp³-hybridized carbons (Fsp3) is 0.312. The maximum atomic E-state index is 16.2. The third kappa shape index (κ3) is 5.62. The van der Waals surface area contributed by atoms with Crippen LogP contribution in [0.25, 0.3) is 33.5 Å². The Balaban J connectivity index is 1.37. The molecule has 0 aliphatic heterocycles. The van der Waals surface area contributed by atoms with Crippen molar-refractivity contribution in [1.82, 2.24) is 30.0 Å². The van der Waals surface area contributed by atoms with Gasteiger partial charge in [0.05, 0.1) is 12.4 Å². The van der Waals surface area contributed by atoms with Gasteiger partial charge in [-0.15, -0.1) is 0 Å². The molecule has 0 radical (unpaired) electrons. The van der Waals surface area contributed by atoms with E-state index in [0.717, 1.165) is 5.56 Å². The number of carbonyl (C=O) groups is 2. The van der Waals surface area contributed by atoms with Gasteiger partial charge in [-0.3, -0.25) is 14.5 Å². The van der Waals surface area contributed by atoms with Crippen molar-refractivity contribution in [3.63, 3.8) is 0 Å². The van der Waals surface area contributed by atoms with Crippen molar-refractivity contribution in [3.05, 3.63) is 72.4 Å². The molecule has 11 nitrogen and oxygen atoms in total. The molecule has 2 N–H and O–H groups in total. The second-order valence-electron chi connectivity index (χ2n) is 12.2. The predicted octanol–water partition coefficient (Wildman–Crippen LogP) is 6.01. The molecule has 0 spiro atoms. The molecule has 2 amide bonds. The number of rotatable bonds is 6. The van der Waals surface area contributed by atoms with Gasteiger partial charge >= 0.3 is 6.09 Å². The summed E-state index contributed by atoms with van der Waals surface area (Å²) in [6, 6.07) is 5.01. The fourth-order valence-electron chi connectivity index (χ4n) is 5.53. The molecule has 0 bridgehead atoms.